The van der Waals surface area contributed by atoms with Gasteiger partial charge in [-0.15, -0.1) is 34.0 Å². The number of epoxide rings is 1. The molecule has 3 aliphatic heterocycles. The molecule has 2 unspecified atom stereocenters. The van der Waals surface area contributed by atoms with E-state index >= 15 is 0 Å². The van der Waals surface area contributed by atoms with Gasteiger partial charge in [0, 0.05) is 24.1 Å². The number of piperidine rings is 1. The molecule has 6 heterocycles. The molecule has 0 radical (unpaired) electrons. The lowest BCUT2D eigenvalue weighted by Crippen LogP contribution is -2.62. The van der Waals surface area contributed by atoms with Gasteiger partial charge in [0.2, 0.25) is 5.60 Å². The number of aryl methyl sites for hydroxylation is 1. The Hall–Kier alpha value is -2.08. The Morgan fingerprint density at radius 3 is 2.28 bits per heavy atom. The number of hydrogen-bond donors (Lipinski definition) is 1. The summed E-state index contributed by atoms with van der Waals surface area (Å²) in [5.74, 6) is -0.718. The molecule has 0 saturated carbocycles. The second kappa shape index (κ2) is 10.7. The van der Waals surface area contributed by atoms with Gasteiger partial charge in [-0.2, -0.15) is 0 Å². The van der Waals surface area contributed by atoms with Crippen molar-refractivity contribution in [3.05, 3.63) is 66.7 Å². The number of morpholine rings is 1. The monoisotopic (exact) mass is 588 g/mol. The molecule has 6 rings (SSSR count). The summed E-state index contributed by atoms with van der Waals surface area (Å²) >= 11 is 4.55. The summed E-state index contributed by atoms with van der Waals surface area (Å²) in [7, 11) is 2.32. The molecule has 208 valence electrons. The fraction of sp³-hybridized carbons (Fsp3) is 0.517. The van der Waals surface area contributed by atoms with E-state index in [0.29, 0.717) is 22.8 Å². The topological polar surface area (TPSA) is 85.4 Å². The highest BCUT2D eigenvalue weighted by Crippen LogP contribution is 2.54. The molecular weight excluding hydrogens is 555 g/mol. The number of esters is 2. The summed E-state index contributed by atoms with van der Waals surface area (Å²) in [6.45, 7) is 3.18. The van der Waals surface area contributed by atoms with E-state index in [1.807, 2.05) is 41.2 Å². The average Bonchev–Trinajstić information content (AvgIpc) is 3.36. The third kappa shape index (κ3) is 5.00. The first-order chi connectivity index (χ1) is 18.8. The minimum Gasteiger partial charge on any atom is -0.466 e. The first-order valence-electron chi connectivity index (χ1n) is 13.6. The maximum Gasteiger partial charge on any atom is 0.349 e. The van der Waals surface area contributed by atoms with Crippen LogP contribution in [0.1, 0.15) is 52.1 Å². The van der Waals surface area contributed by atoms with E-state index < -0.39 is 11.6 Å². The number of nitrogens with zero attached hydrogens (tertiary/aromatic N) is 1. The summed E-state index contributed by atoms with van der Waals surface area (Å²) in [6, 6.07) is 12.2. The summed E-state index contributed by atoms with van der Waals surface area (Å²) < 4.78 is 18.1. The molecule has 0 spiro atoms. The van der Waals surface area contributed by atoms with Gasteiger partial charge in [0.1, 0.15) is 36.9 Å². The third-order valence-electron chi connectivity index (χ3n) is 8.49. The standard InChI is InChI=1S/C29H34NO6S3/c1-3-34-25(31)10-4-7-19-11-12-20(39-19)17-30(2)21-15-18(16-22(30)27-26(21)36-27)35-28(32)29(33,23-8-5-13-37-23)24-9-6-14-38-24/h5-6,8-9,11-14,18,21-22,26-27,33H,3-4,7,10,15-17H2,1-2H3/q+1/t18?,21-,22+,26-,27+,30?. The van der Waals surface area contributed by atoms with Crippen LogP contribution < -0.4 is 0 Å². The molecule has 7 nitrogen and oxygen atoms in total. The molecule has 1 N–H and O–H groups in total. The number of fused-ring (bicyclic) bond motifs is 5. The van der Waals surface area contributed by atoms with Gasteiger partial charge in [-0.25, -0.2) is 4.79 Å². The lowest BCUT2D eigenvalue weighted by Gasteiger charge is -2.48. The van der Waals surface area contributed by atoms with E-state index in [0.717, 1.165) is 36.7 Å². The van der Waals surface area contributed by atoms with Crippen molar-refractivity contribution in [3.8, 4) is 0 Å². The molecule has 3 aromatic rings. The first-order valence-corrected chi connectivity index (χ1v) is 16.2. The summed E-state index contributed by atoms with van der Waals surface area (Å²) in [5.41, 5.74) is -1.78. The first kappa shape index (κ1) is 27.1. The summed E-state index contributed by atoms with van der Waals surface area (Å²) in [6.07, 6.45) is 3.75. The fourth-order valence-electron chi connectivity index (χ4n) is 6.53. The molecule has 39 heavy (non-hydrogen) atoms. The second-order valence-electron chi connectivity index (χ2n) is 10.9. The van der Waals surface area contributed by atoms with Crippen LogP contribution in [0.5, 0.6) is 0 Å². The van der Waals surface area contributed by atoms with E-state index in [-0.39, 0.29) is 36.4 Å². The Kier molecular flexibility index (Phi) is 7.45. The van der Waals surface area contributed by atoms with E-state index in [1.54, 1.807) is 12.1 Å². The number of quaternary nitrogens is 1. The van der Waals surface area contributed by atoms with Crippen LogP contribution in [-0.2, 0) is 42.4 Å². The largest absolute Gasteiger partial charge is 0.466 e. The average molecular weight is 589 g/mol. The third-order valence-corrected chi connectivity index (χ3v) is 11.6. The predicted molar refractivity (Wildman–Crippen MR) is 151 cm³/mol. The fourth-order valence-corrected chi connectivity index (χ4v) is 9.45. The maximum absolute atomic E-state index is 13.6. The maximum atomic E-state index is 13.6. The molecule has 3 aliphatic rings. The van der Waals surface area contributed by atoms with E-state index in [4.69, 9.17) is 14.2 Å². The Bertz CT molecular complexity index is 1250. The van der Waals surface area contributed by atoms with E-state index in [1.165, 1.54) is 32.4 Å². The normalized spacial score (nSPS) is 29.2. The number of ether oxygens (including phenoxy) is 3. The Morgan fingerprint density at radius 2 is 1.69 bits per heavy atom. The lowest BCUT2D eigenvalue weighted by atomic mass is 9.94. The van der Waals surface area contributed by atoms with E-state index in [2.05, 4.69) is 19.2 Å². The van der Waals surface area contributed by atoms with Crippen LogP contribution in [-0.4, -0.2) is 65.6 Å². The minimum absolute atomic E-state index is 0.129. The van der Waals surface area contributed by atoms with Crippen LogP contribution in [0.15, 0.2) is 47.2 Å². The molecule has 10 heteroatoms. The Labute approximate surface area is 240 Å². The van der Waals surface area contributed by atoms with Gasteiger partial charge in [-0.05, 0) is 54.8 Å². The molecule has 3 fully saturated rings. The quantitative estimate of drug-likeness (QED) is 0.196. The van der Waals surface area contributed by atoms with Crippen molar-refractivity contribution in [1.29, 1.82) is 0 Å². The zero-order valence-corrected chi connectivity index (χ0v) is 24.6. The van der Waals surface area contributed by atoms with Crippen molar-refractivity contribution in [2.45, 2.75) is 81.6 Å². The van der Waals surface area contributed by atoms with Crippen molar-refractivity contribution in [1.82, 2.24) is 0 Å². The van der Waals surface area contributed by atoms with Crippen molar-refractivity contribution < 1.29 is 33.4 Å². The predicted octanol–water partition coefficient (Wildman–Crippen LogP) is 4.86. The van der Waals surface area contributed by atoms with Crippen molar-refractivity contribution in [2.24, 2.45) is 0 Å². The van der Waals surface area contributed by atoms with Gasteiger partial charge in [0.15, 0.2) is 0 Å². The number of carbonyl (C=O) groups excluding carboxylic acids is 2. The Balaban J connectivity index is 1.11. The SMILES string of the molecule is CCOC(=O)CCCc1ccc(C[N+]2(C)[C@@H]3CC(OC(=O)C(O)(c4cccs4)c4cccs4)C[C@H]2[C@@H]2O[C@@H]23)s1. The van der Waals surface area contributed by atoms with Crippen LogP contribution in [0, 0.1) is 0 Å². The molecular formula is C29H34NO6S3+. The molecule has 3 saturated heterocycles. The van der Waals surface area contributed by atoms with Crippen LogP contribution in [0.25, 0.3) is 0 Å². The summed E-state index contributed by atoms with van der Waals surface area (Å²) in [5, 5.41) is 15.4. The molecule has 0 aliphatic carbocycles. The number of rotatable bonds is 11. The molecule has 6 atom stereocenters. The van der Waals surface area contributed by atoms with Crippen molar-refractivity contribution >= 4 is 45.9 Å². The second-order valence-corrected chi connectivity index (χ2v) is 14.0. The molecule has 0 aromatic carbocycles. The van der Waals surface area contributed by atoms with Gasteiger partial charge < -0.3 is 23.8 Å². The highest BCUT2D eigenvalue weighted by atomic mass is 32.1. The number of thiophene rings is 3. The van der Waals surface area contributed by atoms with Crippen LogP contribution in [0.2, 0.25) is 0 Å². The minimum atomic E-state index is -1.78. The van der Waals surface area contributed by atoms with Gasteiger partial charge in [0.05, 0.1) is 28.3 Å². The van der Waals surface area contributed by atoms with Crippen LogP contribution in [0.4, 0.5) is 0 Å². The Morgan fingerprint density at radius 1 is 1.05 bits per heavy atom. The smallest absolute Gasteiger partial charge is 0.349 e. The van der Waals surface area contributed by atoms with Crippen LogP contribution in [0.3, 0.4) is 0 Å². The van der Waals surface area contributed by atoms with Gasteiger partial charge in [-0.1, -0.05) is 12.1 Å². The number of aliphatic hydroxyl groups is 1. The highest BCUT2D eigenvalue weighted by molar-refractivity contribution is 7.12. The zero-order valence-electron chi connectivity index (χ0n) is 22.1. The van der Waals surface area contributed by atoms with Crippen molar-refractivity contribution in [3.63, 3.8) is 0 Å². The highest BCUT2D eigenvalue weighted by Gasteiger charge is 2.72. The number of carbonyl (C=O) groups is 2. The van der Waals surface area contributed by atoms with Crippen molar-refractivity contribution in [2.75, 3.05) is 13.7 Å². The molecule has 2 bridgehead atoms. The lowest BCUT2D eigenvalue weighted by molar-refractivity contribution is -0.968. The number of hydrogen-bond acceptors (Lipinski definition) is 9. The molecule has 3 aromatic heterocycles. The number of likely N-dealkylation sites (N-methyl/N-ethyl adjacent to an activating group) is 1. The van der Waals surface area contributed by atoms with Gasteiger partial charge in [-0.3, -0.25) is 4.79 Å². The molecule has 0 amide bonds. The van der Waals surface area contributed by atoms with Crippen LogP contribution >= 0.6 is 34.0 Å². The van der Waals surface area contributed by atoms with Gasteiger partial charge in [0.25, 0.3) is 0 Å². The zero-order chi connectivity index (χ0) is 27.2. The van der Waals surface area contributed by atoms with E-state index in [9.17, 15) is 14.7 Å². The van der Waals surface area contributed by atoms with Gasteiger partial charge >= 0.3 is 11.9 Å². The summed E-state index contributed by atoms with van der Waals surface area (Å²) in [4.78, 5) is 29.0.